The first-order chi connectivity index (χ1) is 15.4. The quantitative estimate of drug-likeness (QED) is 0.377. The average Bonchev–Trinajstić information content (AvgIpc) is 3.17. The molecule has 2 aromatic rings. The lowest BCUT2D eigenvalue weighted by atomic mass is 9.90. The Morgan fingerprint density at radius 1 is 1.18 bits per heavy atom. The fourth-order valence-corrected chi connectivity index (χ4v) is 4.17. The van der Waals surface area contributed by atoms with E-state index in [0.29, 0.717) is 23.7 Å². The second kappa shape index (κ2) is 10.1. The molecule has 0 unspecified atom stereocenters. The minimum Gasteiger partial charge on any atom is -0.491 e. The molecule has 33 heavy (non-hydrogen) atoms. The minimum atomic E-state index is -3.51. The second-order valence-corrected chi connectivity index (χ2v) is 11.2. The highest BCUT2D eigenvalue weighted by Crippen LogP contribution is 2.31. The number of pyridine rings is 1. The van der Waals surface area contributed by atoms with E-state index in [-0.39, 0.29) is 31.0 Å². The van der Waals surface area contributed by atoms with Crippen LogP contribution in [0.25, 0.3) is 11.5 Å². The molecule has 10 heteroatoms. The molecule has 1 aliphatic carbocycles. The molecule has 0 aliphatic heterocycles. The number of ketones is 1. The van der Waals surface area contributed by atoms with Gasteiger partial charge in [-0.3, -0.25) is 14.0 Å². The van der Waals surface area contributed by atoms with Crippen molar-refractivity contribution in [2.24, 2.45) is 5.41 Å². The number of likely N-dealkylation sites (N-methyl/N-ethyl adjacent to an activating group) is 1. The van der Waals surface area contributed by atoms with Crippen LogP contribution in [0, 0.1) is 5.41 Å². The summed E-state index contributed by atoms with van der Waals surface area (Å²) in [5.74, 6) is 1.92. The van der Waals surface area contributed by atoms with Gasteiger partial charge < -0.3 is 9.64 Å². The molecule has 0 amide bonds. The molecule has 0 fully saturated rings. The number of anilines is 1. The molecule has 0 saturated heterocycles. The van der Waals surface area contributed by atoms with E-state index in [9.17, 15) is 13.2 Å². The molecule has 180 valence electrons. The molecule has 0 spiro atoms. The van der Waals surface area contributed by atoms with Gasteiger partial charge in [-0.1, -0.05) is 20.8 Å². The lowest BCUT2D eigenvalue weighted by Crippen LogP contribution is -2.30. The number of hydrogen-bond donors (Lipinski definition) is 0. The summed E-state index contributed by atoms with van der Waals surface area (Å²) >= 11 is 0. The monoisotopic (exact) mass is 476 g/mol. The van der Waals surface area contributed by atoms with Crippen molar-refractivity contribution in [1.29, 1.82) is 0 Å². The van der Waals surface area contributed by atoms with Crippen molar-refractivity contribution in [2.75, 3.05) is 38.0 Å². The van der Waals surface area contributed by atoms with Gasteiger partial charge in [0.25, 0.3) is 10.1 Å². The van der Waals surface area contributed by atoms with Gasteiger partial charge >= 0.3 is 0 Å². The van der Waals surface area contributed by atoms with Gasteiger partial charge in [-0.05, 0) is 30.7 Å². The summed E-state index contributed by atoms with van der Waals surface area (Å²) in [5.41, 5.74) is 2.56. The number of ether oxygens (including phenoxy) is 1. The molecule has 0 radical (unpaired) electrons. The zero-order chi connectivity index (χ0) is 24.2. The normalized spacial score (nSPS) is 13.6. The fraction of sp³-hybridized carbons (Fsp3) is 0.565. The number of rotatable bonds is 10. The number of Topliss-reactive ketones (excluding diaryl/α,β-unsaturated/α-hetero) is 1. The molecule has 0 N–H and O–H groups in total. The van der Waals surface area contributed by atoms with E-state index in [0.717, 1.165) is 42.6 Å². The molecule has 0 aromatic carbocycles. The smallest absolute Gasteiger partial charge is 0.264 e. The summed E-state index contributed by atoms with van der Waals surface area (Å²) in [6, 6.07) is 3.39. The molecule has 0 saturated carbocycles. The first-order valence-electron chi connectivity index (χ1n) is 11.0. The molecule has 9 nitrogen and oxygen atoms in total. The predicted molar refractivity (Wildman–Crippen MR) is 126 cm³/mol. The maximum absolute atomic E-state index is 12.6. The molecular weight excluding hydrogens is 444 g/mol. The summed E-state index contributed by atoms with van der Waals surface area (Å²) in [6.07, 6.45) is 5.84. The van der Waals surface area contributed by atoms with Gasteiger partial charge in [0, 0.05) is 37.0 Å². The molecule has 2 aromatic heterocycles. The predicted octanol–water partition coefficient (Wildman–Crippen LogP) is 2.82. The van der Waals surface area contributed by atoms with Gasteiger partial charge in [-0.15, -0.1) is 0 Å². The van der Waals surface area contributed by atoms with Crippen molar-refractivity contribution in [3.63, 3.8) is 0 Å². The summed E-state index contributed by atoms with van der Waals surface area (Å²) in [6.45, 7) is 6.45. The van der Waals surface area contributed by atoms with E-state index >= 15 is 0 Å². The van der Waals surface area contributed by atoms with E-state index in [2.05, 4.69) is 25.8 Å². The van der Waals surface area contributed by atoms with Crippen molar-refractivity contribution in [3.8, 4) is 17.3 Å². The molecular formula is C23H32N4O5S. The summed E-state index contributed by atoms with van der Waals surface area (Å²) < 4.78 is 32.4. The molecule has 0 atom stereocenters. The van der Waals surface area contributed by atoms with Crippen LogP contribution in [0.5, 0.6) is 5.75 Å². The van der Waals surface area contributed by atoms with Crippen LogP contribution in [0.1, 0.15) is 44.9 Å². The van der Waals surface area contributed by atoms with Crippen LogP contribution in [0.2, 0.25) is 0 Å². The Hall–Kier alpha value is -2.59. The zero-order valence-electron chi connectivity index (χ0n) is 19.9. The average molecular weight is 477 g/mol. The van der Waals surface area contributed by atoms with Crippen molar-refractivity contribution >= 4 is 21.7 Å². The Morgan fingerprint density at radius 2 is 1.94 bits per heavy atom. The first-order valence-corrected chi connectivity index (χ1v) is 12.8. The van der Waals surface area contributed by atoms with Crippen molar-refractivity contribution in [1.82, 2.24) is 15.0 Å². The Bertz CT molecular complexity index is 1110. The van der Waals surface area contributed by atoms with E-state index in [1.807, 2.05) is 11.9 Å². The third-order valence-electron chi connectivity index (χ3n) is 5.02. The van der Waals surface area contributed by atoms with E-state index in [4.69, 9.17) is 18.9 Å². The molecule has 0 bridgehead atoms. The molecule has 1 aliphatic rings. The highest BCUT2D eigenvalue weighted by Gasteiger charge is 2.24. The summed E-state index contributed by atoms with van der Waals surface area (Å²) in [5, 5.41) is 0. The first kappa shape index (κ1) is 25.0. The van der Waals surface area contributed by atoms with Crippen LogP contribution in [0.15, 0.2) is 18.3 Å². The maximum Gasteiger partial charge on any atom is 0.264 e. The number of aryl methyl sites for hydroxylation is 1. The lowest BCUT2D eigenvalue weighted by molar-refractivity contribution is -0.119. The third kappa shape index (κ3) is 7.46. The molecule has 3 rings (SSSR count). The Kier molecular flexibility index (Phi) is 7.69. The molecule has 2 heterocycles. The minimum absolute atomic E-state index is 0.0621. The fourth-order valence-electron chi connectivity index (χ4n) is 3.80. The van der Waals surface area contributed by atoms with Crippen LogP contribution in [-0.2, 0) is 31.9 Å². The highest BCUT2D eigenvalue weighted by molar-refractivity contribution is 7.85. The van der Waals surface area contributed by atoms with Crippen LogP contribution in [-0.4, -0.2) is 62.2 Å². The van der Waals surface area contributed by atoms with Crippen LogP contribution in [0.4, 0.5) is 5.82 Å². The lowest BCUT2D eigenvalue weighted by Gasteiger charge is -2.23. The van der Waals surface area contributed by atoms with Crippen LogP contribution in [0.3, 0.4) is 0 Å². The zero-order valence-corrected chi connectivity index (χ0v) is 20.7. The van der Waals surface area contributed by atoms with Crippen molar-refractivity contribution in [3.05, 3.63) is 29.6 Å². The number of carbonyl (C=O) groups is 1. The second-order valence-electron chi connectivity index (χ2n) is 9.53. The Balaban J connectivity index is 1.80. The highest BCUT2D eigenvalue weighted by atomic mass is 32.2. The number of fused-ring (bicyclic) bond motifs is 1. The van der Waals surface area contributed by atoms with Gasteiger partial charge in [0.15, 0.2) is 11.6 Å². The van der Waals surface area contributed by atoms with Gasteiger partial charge in [0.2, 0.25) is 0 Å². The number of hydrogen-bond acceptors (Lipinski definition) is 9. The summed E-state index contributed by atoms with van der Waals surface area (Å²) in [4.78, 5) is 28.4. The number of aromatic nitrogens is 3. The van der Waals surface area contributed by atoms with E-state index in [1.165, 1.54) is 0 Å². The van der Waals surface area contributed by atoms with Crippen molar-refractivity contribution < 1.29 is 22.1 Å². The Morgan fingerprint density at radius 3 is 2.64 bits per heavy atom. The largest absolute Gasteiger partial charge is 0.491 e. The van der Waals surface area contributed by atoms with Crippen LogP contribution >= 0.6 is 0 Å². The Labute approximate surface area is 195 Å². The van der Waals surface area contributed by atoms with E-state index < -0.39 is 10.1 Å². The SMILES string of the molecule is CN(CC(=O)CC(C)(C)C)c1nc(-c2cc(OCCOS(C)(=O)=O)ccn2)nc2c1CCC2. The maximum atomic E-state index is 12.6. The topological polar surface area (TPSA) is 112 Å². The van der Waals surface area contributed by atoms with Gasteiger partial charge in [-0.25, -0.2) is 9.97 Å². The number of nitrogens with zero attached hydrogens (tertiary/aromatic N) is 4. The van der Waals surface area contributed by atoms with E-state index in [1.54, 1.807) is 18.3 Å². The van der Waals surface area contributed by atoms with Gasteiger partial charge in [0.1, 0.15) is 30.5 Å². The third-order valence-corrected chi connectivity index (χ3v) is 5.62. The van der Waals surface area contributed by atoms with Crippen molar-refractivity contribution in [2.45, 2.75) is 46.5 Å². The van der Waals surface area contributed by atoms with Crippen LogP contribution < -0.4 is 9.64 Å². The summed E-state index contributed by atoms with van der Waals surface area (Å²) in [7, 11) is -1.62. The van der Waals surface area contributed by atoms with Gasteiger partial charge in [-0.2, -0.15) is 8.42 Å². The standard InChI is InChI=1S/C23H32N4O5S/c1-23(2,3)14-16(28)15-27(4)22-18-7-6-8-19(18)25-21(26-22)20-13-17(9-10-24-20)31-11-12-32-33(5,29)30/h9-10,13H,6-8,11-12,14-15H2,1-5H3. The number of carbonyl (C=O) groups excluding carboxylic acids is 1. The van der Waals surface area contributed by atoms with Gasteiger partial charge in [0.05, 0.1) is 12.8 Å².